The first kappa shape index (κ1) is 9.25. The Balaban J connectivity index is 2.52. The summed E-state index contributed by atoms with van der Waals surface area (Å²) in [4.78, 5) is 11.5. The Morgan fingerprint density at radius 3 is 2.86 bits per heavy atom. The fourth-order valence-electron chi connectivity index (χ4n) is 2.09. The lowest BCUT2D eigenvalue weighted by Gasteiger charge is -2.22. The molecular formula is C12H14O2. The number of benzene rings is 1. The summed E-state index contributed by atoms with van der Waals surface area (Å²) >= 11 is 0. The van der Waals surface area contributed by atoms with E-state index in [1.54, 1.807) is 7.11 Å². The molecule has 0 bridgehead atoms. The Bertz CT molecular complexity index is 369. The van der Waals surface area contributed by atoms with Crippen LogP contribution in [0.2, 0.25) is 0 Å². The molecule has 0 unspecified atom stereocenters. The molecule has 1 aliphatic carbocycles. The molecule has 0 fully saturated rings. The zero-order chi connectivity index (χ0) is 10.1. The highest BCUT2D eigenvalue weighted by molar-refractivity contribution is 5.88. The number of carbonyl (C=O) groups excluding carboxylic acids is 1. The number of hydrogen-bond acceptors (Lipinski definition) is 2. The van der Waals surface area contributed by atoms with Gasteiger partial charge in [0.2, 0.25) is 0 Å². The molecule has 0 saturated heterocycles. The van der Waals surface area contributed by atoms with Crippen LogP contribution in [0, 0.1) is 0 Å². The fraction of sp³-hybridized carbons (Fsp3) is 0.417. The van der Waals surface area contributed by atoms with Gasteiger partial charge in [-0.2, -0.15) is 0 Å². The molecule has 0 aromatic heterocycles. The molecule has 0 amide bonds. The summed E-state index contributed by atoms with van der Waals surface area (Å²) in [5.41, 5.74) is 2.35. The van der Waals surface area contributed by atoms with Crippen molar-refractivity contribution in [1.82, 2.24) is 0 Å². The molecule has 0 saturated carbocycles. The van der Waals surface area contributed by atoms with Crippen LogP contribution in [0.3, 0.4) is 0 Å². The minimum absolute atomic E-state index is 0.0360. The third-order valence-electron chi connectivity index (χ3n) is 2.96. The smallest absolute Gasteiger partial charge is 0.140 e. The number of rotatable bonds is 1. The van der Waals surface area contributed by atoms with Crippen LogP contribution in [0.5, 0.6) is 5.75 Å². The first-order chi connectivity index (χ1) is 6.74. The summed E-state index contributed by atoms with van der Waals surface area (Å²) in [6, 6.07) is 5.94. The SMILES string of the molecule is COc1cccc2c1CCC(=O)[C@@H]2C. The summed E-state index contributed by atoms with van der Waals surface area (Å²) in [5.74, 6) is 1.29. The number of Topliss-reactive ketones (excluding diaryl/α,β-unsaturated/α-hetero) is 1. The number of ketones is 1. The molecule has 0 N–H and O–H groups in total. The van der Waals surface area contributed by atoms with Crippen molar-refractivity contribution < 1.29 is 9.53 Å². The van der Waals surface area contributed by atoms with E-state index >= 15 is 0 Å². The molecule has 1 aromatic rings. The fourth-order valence-corrected chi connectivity index (χ4v) is 2.09. The number of fused-ring (bicyclic) bond motifs is 1. The van der Waals surface area contributed by atoms with Crippen molar-refractivity contribution >= 4 is 5.78 Å². The van der Waals surface area contributed by atoms with Crippen molar-refractivity contribution in [2.75, 3.05) is 7.11 Å². The van der Waals surface area contributed by atoms with Gasteiger partial charge in [0.15, 0.2) is 0 Å². The molecule has 14 heavy (non-hydrogen) atoms. The van der Waals surface area contributed by atoms with Crippen LogP contribution in [0.25, 0.3) is 0 Å². The van der Waals surface area contributed by atoms with Gasteiger partial charge in [-0.3, -0.25) is 4.79 Å². The van der Waals surface area contributed by atoms with Crippen molar-refractivity contribution in [3.05, 3.63) is 29.3 Å². The van der Waals surface area contributed by atoms with Crippen molar-refractivity contribution in [1.29, 1.82) is 0 Å². The maximum atomic E-state index is 11.5. The van der Waals surface area contributed by atoms with E-state index in [4.69, 9.17) is 4.74 Å². The molecule has 0 spiro atoms. The van der Waals surface area contributed by atoms with E-state index in [2.05, 4.69) is 0 Å². The van der Waals surface area contributed by atoms with Gasteiger partial charge >= 0.3 is 0 Å². The molecular weight excluding hydrogens is 176 g/mol. The van der Waals surface area contributed by atoms with E-state index in [1.807, 2.05) is 25.1 Å². The van der Waals surface area contributed by atoms with E-state index in [9.17, 15) is 4.79 Å². The summed E-state index contributed by atoms with van der Waals surface area (Å²) in [5, 5.41) is 0. The van der Waals surface area contributed by atoms with Gasteiger partial charge in [-0.15, -0.1) is 0 Å². The summed E-state index contributed by atoms with van der Waals surface area (Å²) < 4.78 is 5.28. The monoisotopic (exact) mass is 190 g/mol. The lowest BCUT2D eigenvalue weighted by Crippen LogP contribution is -2.18. The van der Waals surface area contributed by atoms with Gasteiger partial charge in [-0.05, 0) is 23.6 Å². The average molecular weight is 190 g/mol. The molecule has 1 atom stereocenters. The second-order valence-electron chi connectivity index (χ2n) is 3.72. The van der Waals surface area contributed by atoms with E-state index in [0.717, 1.165) is 17.7 Å². The van der Waals surface area contributed by atoms with Gasteiger partial charge in [0.1, 0.15) is 11.5 Å². The number of hydrogen-bond donors (Lipinski definition) is 0. The van der Waals surface area contributed by atoms with E-state index < -0.39 is 0 Å². The third-order valence-corrected chi connectivity index (χ3v) is 2.96. The minimum atomic E-state index is 0.0360. The molecule has 74 valence electrons. The molecule has 0 heterocycles. The summed E-state index contributed by atoms with van der Waals surface area (Å²) in [6.45, 7) is 1.97. The van der Waals surface area contributed by atoms with Crippen LogP contribution in [0.4, 0.5) is 0 Å². The van der Waals surface area contributed by atoms with Crippen molar-refractivity contribution in [3.63, 3.8) is 0 Å². The first-order valence-corrected chi connectivity index (χ1v) is 4.92. The maximum absolute atomic E-state index is 11.5. The van der Waals surface area contributed by atoms with Gasteiger partial charge in [0.05, 0.1) is 7.11 Å². The van der Waals surface area contributed by atoms with Crippen LogP contribution in [0.1, 0.15) is 30.4 Å². The number of carbonyl (C=O) groups is 1. The Labute approximate surface area is 83.9 Å². The average Bonchev–Trinajstić information content (AvgIpc) is 2.23. The van der Waals surface area contributed by atoms with E-state index in [-0.39, 0.29) is 5.92 Å². The topological polar surface area (TPSA) is 26.3 Å². The Kier molecular flexibility index (Phi) is 2.28. The zero-order valence-electron chi connectivity index (χ0n) is 8.54. The van der Waals surface area contributed by atoms with Gasteiger partial charge in [-0.1, -0.05) is 19.1 Å². The van der Waals surface area contributed by atoms with Gasteiger partial charge in [0, 0.05) is 12.3 Å². The van der Waals surface area contributed by atoms with Crippen LogP contribution in [-0.2, 0) is 11.2 Å². The van der Waals surface area contributed by atoms with Crippen molar-refractivity contribution in [2.24, 2.45) is 0 Å². The molecule has 2 heteroatoms. The maximum Gasteiger partial charge on any atom is 0.140 e. The molecule has 0 aliphatic heterocycles. The van der Waals surface area contributed by atoms with Crippen LogP contribution in [-0.4, -0.2) is 12.9 Å². The lowest BCUT2D eigenvalue weighted by molar-refractivity contribution is -0.120. The highest BCUT2D eigenvalue weighted by atomic mass is 16.5. The first-order valence-electron chi connectivity index (χ1n) is 4.92. The second kappa shape index (κ2) is 3.45. The molecule has 1 aliphatic rings. The quantitative estimate of drug-likeness (QED) is 0.679. The highest BCUT2D eigenvalue weighted by Crippen LogP contribution is 2.34. The van der Waals surface area contributed by atoms with Gasteiger partial charge in [-0.25, -0.2) is 0 Å². The predicted octanol–water partition coefficient (Wildman–Crippen LogP) is 2.31. The zero-order valence-corrected chi connectivity index (χ0v) is 8.54. The third kappa shape index (κ3) is 1.31. The summed E-state index contributed by atoms with van der Waals surface area (Å²) in [6.07, 6.45) is 1.47. The highest BCUT2D eigenvalue weighted by Gasteiger charge is 2.25. The normalized spacial score (nSPS) is 20.4. The second-order valence-corrected chi connectivity index (χ2v) is 3.72. The van der Waals surface area contributed by atoms with Crippen molar-refractivity contribution in [3.8, 4) is 5.75 Å². The molecule has 1 aromatic carbocycles. The van der Waals surface area contributed by atoms with Crippen LogP contribution in [0.15, 0.2) is 18.2 Å². The summed E-state index contributed by atoms with van der Waals surface area (Å²) in [7, 11) is 1.68. The number of ether oxygens (including phenoxy) is 1. The van der Waals surface area contributed by atoms with Gasteiger partial charge < -0.3 is 4.74 Å². The largest absolute Gasteiger partial charge is 0.496 e. The Morgan fingerprint density at radius 2 is 2.14 bits per heavy atom. The Morgan fingerprint density at radius 1 is 1.36 bits per heavy atom. The molecule has 2 rings (SSSR count). The molecule has 2 nitrogen and oxygen atoms in total. The Hall–Kier alpha value is -1.31. The van der Waals surface area contributed by atoms with Crippen LogP contribution < -0.4 is 4.74 Å². The lowest BCUT2D eigenvalue weighted by atomic mass is 9.82. The van der Waals surface area contributed by atoms with Crippen LogP contribution >= 0.6 is 0 Å². The molecule has 0 radical (unpaired) electrons. The van der Waals surface area contributed by atoms with Gasteiger partial charge in [0.25, 0.3) is 0 Å². The van der Waals surface area contributed by atoms with Crippen molar-refractivity contribution in [2.45, 2.75) is 25.7 Å². The minimum Gasteiger partial charge on any atom is -0.496 e. The van der Waals surface area contributed by atoms with E-state index in [1.165, 1.54) is 5.56 Å². The standard InChI is InChI=1S/C12H14O2/c1-8-9-4-3-5-12(14-2)10(9)6-7-11(8)13/h3-5,8H,6-7H2,1-2H3/t8-/m1/s1. The van der Waals surface area contributed by atoms with E-state index in [0.29, 0.717) is 12.2 Å². The number of methoxy groups -OCH3 is 1. The predicted molar refractivity (Wildman–Crippen MR) is 54.7 cm³/mol.